The molecule has 6 heteroatoms. The minimum Gasteiger partial charge on any atom is -0.378 e. The van der Waals surface area contributed by atoms with E-state index in [0.717, 1.165) is 24.5 Å². The van der Waals surface area contributed by atoms with Gasteiger partial charge in [0.25, 0.3) is 5.91 Å². The molecule has 1 aliphatic heterocycles. The molecule has 0 aliphatic carbocycles. The Labute approximate surface area is 142 Å². The third-order valence-electron chi connectivity index (χ3n) is 4.18. The van der Waals surface area contributed by atoms with E-state index >= 15 is 0 Å². The Balaban J connectivity index is 1.64. The summed E-state index contributed by atoms with van der Waals surface area (Å²) < 4.78 is 0. The predicted molar refractivity (Wildman–Crippen MR) is 96.8 cm³/mol. The lowest BCUT2D eigenvalue weighted by Crippen LogP contribution is -2.31. The van der Waals surface area contributed by atoms with Gasteiger partial charge in [0, 0.05) is 51.0 Å². The van der Waals surface area contributed by atoms with Crippen LogP contribution < -0.4 is 15.1 Å². The molecule has 0 bridgehead atoms. The molecule has 0 radical (unpaired) electrons. The summed E-state index contributed by atoms with van der Waals surface area (Å²) in [6, 6.07) is 7.70. The molecule has 1 fully saturated rings. The van der Waals surface area contributed by atoms with Crippen molar-refractivity contribution in [2.75, 3.05) is 42.3 Å². The molecule has 126 valence electrons. The third kappa shape index (κ3) is 3.82. The molecule has 1 aliphatic rings. The molecule has 0 saturated carbocycles. The molecule has 1 saturated heterocycles. The quantitative estimate of drug-likeness (QED) is 0.936. The Morgan fingerprint density at radius 2 is 1.67 bits per heavy atom. The summed E-state index contributed by atoms with van der Waals surface area (Å²) in [5, 5.41) is 2.87. The van der Waals surface area contributed by atoms with Gasteiger partial charge >= 0.3 is 0 Å². The number of benzene rings is 1. The monoisotopic (exact) mass is 325 g/mol. The van der Waals surface area contributed by atoms with E-state index in [1.54, 1.807) is 12.4 Å². The van der Waals surface area contributed by atoms with E-state index < -0.39 is 0 Å². The fourth-order valence-corrected chi connectivity index (χ4v) is 2.74. The molecule has 2 aromatic rings. The number of nitrogens with one attached hydrogen (secondary N) is 1. The number of hydrogen-bond donors (Lipinski definition) is 1. The van der Waals surface area contributed by atoms with Crippen molar-refractivity contribution >= 4 is 23.2 Å². The molecule has 3 rings (SSSR count). The van der Waals surface area contributed by atoms with Crippen molar-refractivity contribution in [1.82, 2.24) is 9.97 Å². The van der Waals surface area contributed by atoms with Gasteiger partial charge in [0.05, 0.1) is 5.56 Å². The summed E-state index contributed by atoms with van der Waals surface area (Å²) in [5.74, 6) is 0.513. The SMILES string of the molecule is CN(C)c1ccc(NC(=O)c2cnc(N3CCCCC3)nc2)cc1. The first-order chi connectivity index (χ1) is 11.6. The number of amides is 1. The van der Waals surface area contributed by atoms with Crippen LogP contribution in [-0.2, 0) is 0 Å². The fraction of sp³-hybridized carbons (Fsp3) is 0.389. The highest BCUT2D eigenvalue weighted by Crippen LogP contribution is 2.17. The highest BCUT2D eigenvalue weighted by Gasteiger charge is 2.14. The minimum absolute atomic E-state index is 0.196. The van der Waals surface area contributed by atoms with Crippen LogP contribution in [0.15, 0.2) is 36.7 Å². The zero-order valence-corrected chi connectivity index (χ0v) is 14.2. The molecule has 0 atom stereocenters. The van der Waals surface area contributed by atoms with E-state index in [1.807, 2.05) is 43.3 Å². The smallest absolute Gasteiger partial charge is 0.258 e. The summed E-state index contributed by atoms with van der Waals surface area (Å²) in [4.78, 5) is 25.2. The first-order valence-corrected chi connectivity index (χ1v) is 8.29. The molecule has 2 heterocycles. The first kappa shape index (κ1) is 16.2. The van der Waals surface area contributed by atoms with Crippen molar-refractivity contribution in [2.24, 2.45) is 0 Å². The summed E-state index contributed by atoms with van der Waals surface area (Å²) in [5.41, 5.74) is 2.31. The number of anilines is 3. The average molecular weight is 325 g/mol. The Morgan fingerprint density at radius 1 is 1.04 bits per heavy atom. The Hall–Kier alpha value is -2.63. The number of hydrogen-bond acceptors (Lipinski definition) is 5. The van der Waals surface area contributed by atoms with Crippen molar-refractivity contribution in [3.05, 3.63) is 42.2 Å². The number of nitrogens with zero attached hydrogens (tertiary/aromatic N) is 4. The van der Waals surface area contributed by atoms with Crippen molar-refractivity contribution < 1.29 is 4.79 Å². The van der Waals surface area contributed by atoms with Crippen molar-refractivity contribution in [3.8, 4) is 0 Å². The van der Waals surface area contributed by atoms with E-state index in [2.05, 4.69) is 20.2 Å². The lowest BCUT2D eigenvalue weighted by atomic mass is 10.1. The van der Waals surface area contributed by atoms with Crippen LogP contribution in [0.3, 0.4) is 0 Å². The van der Waals surface area contributed by atoms with Crippen LogP contribution in [0.2, 0.25) is 0 Å². The summed E-state index contributed by atoms with van der Waals surface area (Å²) in [6.45, 7) is 1.98. The Kier molecular flexibility index (Phi) is 4.93. The molecular weight excluding hydrogens is 302 g/mol. The van der Waals surface area contributed by atoms with Gasteiger partial charge in [0.15, 0.2) is 0 Å². The van der Waals surface area contributed by atoms with Gasteiger partial charge in [-0.15, -0.1) is 0 Å². The number of carbonyl (C=O) groups is 1. The van der Waals surface area contributed by atoms with Crippen molar-refractivity contribution in [1.29, 1.82) is 0 Å². The van der Waals surface area contributed by atoms with Gasteiger partial charge in [-0.25, -0.2) is 9.97 Å². The number of rotatable bonds is 4. The van der Waals surface area contributed by atoms with E-state index in [9.17, 15) is 4.79 Å². The number of aromatic nitrogens is 2. The van der Waals surface area contributed by atoms with Crippen LogP contribution in [0.5, 0.6) is 0 Å². The maximum absolute atomic E-state index is 12.3. The first-order valence-electron chi connectivity index (χ1n) is 8.29. The maximum Gasteiger partial charge on any atom is 0.258 e. The average Bonchev–Trinajstić information content (AvgIpc) is 2.63. The van der Waals surface area contributed by atoms with Crippen LogP contribution in [0.1, 0.15) is 29.6 Å². The standard InChI is InChI=1S/C18H23N5O/c1-22(2)16-8-6-15(7-9-16)21-17(24)14-12-19-18(20-13-14)23-10-4-3-5-11-23/h6-9,12-13H,3-5,10-11H2,1-2H3,(H,21,24). The second-order valence-electron chi connectivity index (χ2n) is 6.21. The van der Waals surface area contributed by atoms with Gasteiger partial charge in [0.1, 0.15) is 0 Å². The van der Waals surface area contributed by atoms with Gasteiger partial charge in [0.2, 0.25) is 5.95 Å². The second-order valence-corrected chi connectivity index (χ2v) is 6.21. The highest BCUT2D eigenvalue weighted by atomic mass is 16.1. The van der Waals surface area contributed by atoms with Gasteiger partial charge in [-0.1, -0.05) is 0 Å². The van der Waals surface area contributed by atoms with E-state index in [0.29, 0.717) is 11.5 Å². The molecule has 1 amide bonds. The predicted octanol–water partition coefficient (Wildman–Crippen LogP) is 2.79. The molecule has 0 spiro atoms. The fourth-order valence-electron chi connectivity index (χ4n) is 2.74. The molecular formula is C18H23N5O. The Bertz CT molecular complexity index is 676. The summed E-state index contributed by atoms with van der Waals surface area (Å²) in [6.07, 6.45) is 6.81. The second kappa shape index (κ2) is 7.29. The highest BCUT2D eigenvalue weighted by molar-refractivity contribution is 6.03. The summed E-state index contributed by atoms with van der Waals surface area (Å²) in [7, 11) is 3.96. The molecule has 0 unspecified atom stereocenters. The lowest BCUT2D eigenvalue weighted by Gasteiger charge is -2.26. The number of piperidine rings is 1. The molecule has 24 heavy (non-hydrogen) atoms. The zero-order valence-electron chi connectivity index (χ0n) is 14.2. The van der Waals surface area contributed by atoms with Gasteiger partial charge in [-0.3, -0.25) is 4.79 Å². The van der Waals surface area contributed by atoms with Crippen LogP contribution in [0.4, 0.5) is 17.3 Å². The largest absolute Gasteiger partial charge is 0.378 e. The number of carbonyl (C=O) groups excluding carboxylic acids is 1. The van der Waals surface area contributed by atoms with Crippen molar-refractivity contribution in [2.45, 2.75) is 19.3 Å². The molecule has 1 aromatic heterocycles. The summed E-state index contributed by atoms with van der Waals surface area (Å²) >= 11 is 0. The lowest BCUT2D eigenvalue weighted by molar-refractivity contribution is 0.102. The van der Waals surface area contributed by atoms with Crippen molar-refractivity contribution in [3.63, 3.8) is 0 Å². The maximum atomic E-state index is 12.3. The van der Waals surface area contributed by atoms with Crippen LogP contribution >= 0.6 is 0 Å². The van der Waals surface area contributed by atoms with E-state index in [1.165, 1.54) is 19.3 Å². The van der Waals surface area contributed by atoms with Crippen LogP contribution in [-0.4, -0.2) is 43.1 Å². The van der Waals surface area contributed by atoms with Gasteiger partial charge in [-0.05, 0) is 43.5 Å². The normalized spacial score (nSPS) is 14.3. The third-order valence-corrected chi connectivity index (χ3v) is 4.18. The molecule has 1 N–H and O–H groups in total. The Morgan fingerprint density at radius 3 is 2.25 bits per heavy atom. The van der Waals surface area contributed by atoms with Gasteiger partial charge in [-0.2, -0.15) is 0 Å². The topological polar surface area (TPSA) is 61.4 Å². The van der Waals surface area contributed by atoms with Gasteiger partial charge < -0.3 is 15.1 Å². The van der Waals surface area contributed by atoms with Crippen LogP contribution in [0, 0.1) is 0 Å². The van der Waals surface area contributed by atoms with Crippen LogP contribution in [0.25, 0.3) is 0 Å². The van der Waals surface area contributed by atoms with E-state index in [4.69, 9.17) is 0 Å². The molecule has 1 aromatic carbocycles. The minimum atomic E-state index is -0.196. The molecule has 6 nitrogen and oxygen atoms in total. The van der Waals surface area contributed by atoms with E-state index in [-0.39, 0.29) is 5.91 Å². The zero-order chi connectivity index (χ0) is 16.9.